The highest BCUT2D eigenvalue weighted by molar-refractivity contribution is 5.92. The lowest BCUT2D eigenvalue weighted by Gasteiger charge is -2.22. The Morgan fingerprint density at radius 2 is 1.82 bits per heavy atom. The fourth-order valence-electron chi connectivity index (χ4n) is 2.37. The Bertz CT molecular complexity index is 674. The van der Waals surface area contributed by atoms with Crippen LogP contribution in [0.15, 0.2) is 12.5 Å². The minimum atomic E-state index is -1.21. The normalized spacial score (nSPS) is 14.0. The van der Waals surface area contributed by atoms with Gasteiger partial charge in [-0.3, -0.25) is 14.4 Å². The number of rotatable bonds is 11. The molecule has 0 bridgehead atoms. The third-order valence-electron chi connectivity index (χ3n) is 3.79. The first-order valence-corrected chi connectivity index (χ1v) is 8.93. The molecule has 0 saturated heterocycles. The van der Waals surface area contributed by atoms with E-state index >= 15 is 0 Å². The van der Waals surface area contributed by atoms with Gasteiger partial charge in [-0.25, -0.2) is 9.78 Å². The molecule has 11 nitrogen and oxygen atoms in total. The predicted octanol–water partition coefficient (Wildman–Crippen LogP) is -1.48. The van der Waals surface area contributed by atoms with Crippen LogP contribution in [0, 0.1) is 5.92 Å². The number of aliphatic carboxylic acids is 1. The summed E-state index contributed by atoms with van der Waals surface area (Å²) in [5.41, 5.74) is 5.96. The van der Waals surface area contributed by atoms with E-state index in [2.05, 4.69) is 25.9 Å². The van der Waals surface area contributed by atoms with E-state index in [1.165, 1.54) is 19.4 Å². The number of carboxylic acid groups (broad SMARTS) is 1. The van der Waals surface area contributed by atoms with E-state index in [4.69, 9.17) is 5.73 Å². The average molecular weight is 396 g/mol. The first kappa shape index (κ1) is 23.1. The van der Waals surface area contributed by atoms with Crippen molar-refractivity contribution in [3.05, 3.63) is 18.2 Å². The summed E-state index contributed by atoms with van der Waals surface area (Å²) in [6, 6.07) is -2.89. The molecule has 3 atom stereocenters. The van der Waals surface area contributed by atoms with Gasteiger partial charge in [0, 0.05) is 18.3 Å². The highest BCUT2D eigenvalue weighted by Gasteiger charge is 2.27. The highest BCUT2D eigenvalue weighted by atomic mass is 16.4. The van der Waals surface area contributed by atoms with Gasteiger partial charge in [0.05, 0.1) is 18.9 Å². The number of carbonyl (C=O) groups is 4. The standard InChI is InChI=1S/C17H28N6O5/c1-9(2)4-12(22-14(24)7-20-15(25)10(3)18)16(26)23-13(17(27)28)5-11-6-19-8-21-11/h6,8-10,12-13H,4-5,7,18H2,1-3H3,(H,19,21)(H,20,25)(H,22,24)(H,23,26)(H,27,28). The van der Waals surface area contributed by atoms with Crippen LogP contribution in [0.1, 0.15) is 32.9 Å². The van der Waals surface area contributed by atoms with Gasteiger partial charge < -0.3 is 31.8 Å². The van der Waals surface area contributed by atoms with Gasteiger partial charge >= 0.3 is 5.97 Å². The van der Waals surface area contributed by atoms with E-state index in [-0.39, 0.29) is 18.9 Å². The van der Waals surface area contributed by atoms with Crippen LogP contribution in [0.4, 0.5) is 0 Å². The summed E-state index contributed by atoms with van der Waals surface area (Å²) in [7, 11) is 0. The van der Waals surface area contributed by atoms with Gasteiger partial charge in [0.1, 0.15) is 12.1 Å². The summed E-state index contributed by atoms with van der Waals surface area (Å²) in [6.07, 6.45) is 3.20. The summed E-state index contributed by atoms with van der Waals surface area (Å²) >= 11 is 0. The van der Waals surface area contributed by atoms with E-state index < -0.39 is 41.8 Å². The number of hydrogen-bond donors (Lipinski definition) is 6. The van der Waals surface area contributed by atoms with Gasteiger partial charge in [0.15, 0.2) is 0 Å². The molecule has 28 heavy (non-hydrogen) atoms. The summed E-state index contributed by atoms with van der Waals surface area (Å²) in [5, 5.41) is 16.7. The minimum absolute atomic E-state index is 0.0217. The van der Waals surface area contributed by atoms with E-state index in [0.717, 1.165) is 0 Å². The van der Waals surface area contributed by atoms with E-state index in [1.807, 2.05) is 13.8 Å². The molecule has 1 rings (SSSR count). The molecule has 1 aromatic heterocycles. The fourth-order valence-corrected chi connectivity index (χ4v) is 2.37. The van der Waals surface area contributed by atoms with Crippen LogP contribution in [0.3, 0.4) is 0 Å². The Morgan fingerprint density at radius 3 is 2.32 bits per heavy atom. The van der Waals surface area contributed by atoms with Gasteiger partial charge in [-0.2, -0.15) is 0 Å². The molecule has 0 aliphatic heterocycles. The molecule has 156 valence electrons. The monoisotopic (exact) mass is 396 g/mol. The number of aromatic nitrogens is 2. The summed E-state index contributed by atoms with van der Waals surface area (Å²) < 4.78 is 0. The van der Waals surface area contributed by atoms with Crippen molar-refractivity contribution >= 4 is 23.7 Å². The van der Waals surface area contributed by atoms with Gasteiger partial charge in [-0.15, -0.1) is 0 Å². The van der Waals surface area contributed by atoms with Crippen molar-refractivity contribution in [3.63, 3.8) is 0 Å². The molecule has 3 amide bonds. The lowest BCUT2D eigenvalue weighted by molar-refractivity contribution is -0.142. The second-order valence-corrected chi connectivity index (χ2v) is 6.94. The average Bonchev–Trinajstić information content (AvgIpc) is 3.10. The van der Waals surface area contributed by atoms with Gasteiger partial charge in [-0.05, 0) is 19.3 Å². The van der Waals surface area contributed by atoms with Crippen molar-refractivity contribution in [1.82, 2.24) is 25.9 Å². The molecule has 7 N–H and O–H groups in total. The Hall–Kier alpha value is -2.95. The summed E-state index contributed by atoms with van der Waals surface area (Å²) in [4.78, 5) is 54.2. The van der Waals surface area contributed by atoms with E-state index in [9.17, 15) is 24.3 Å². The Kier molecular flexibility index (Phi) is 9.09. The first-order valence-electron chi connectivity index (χ1n) is 8.93. The van der Waals surface area contributed by atoms with Crippen LogP contribution in [-0.2, 0) is 25.6 Å². The second-order valence-electron chi connectivity index (χ2n) is 6.94. The topological polar surface area (TPSA) is 179 Å². The first-order chi connectivity index (χ1) is 13.1. The fraction of sp³-hybridized carbons (Fsp3) is 0.588. The van der Waals surface area contributed by atoms with E-state index in [0.29, 0.717) is 12.1 Å². The maximum Gasteiger partial charge on any atom is 0.326 e. The number of hydrogen-bond acceptors (Lipinski definition) is 6. The number of H-pyrrole nitrogens is 1. The number of imidazole rings is 1. The van der Waals surface area contributed by atoms with Gasteiger partial charge in [-0.1, -0.05) is 13.8 Å². The lowest BCUT2D eigenvalue weighted by Crippen LogP contribution is -2.54. The van der Waals surface area contributed by atoms with Gasteiger partial charge in [0.25, 0.3) is 0 Å². The van der Waals surface area contributed by atoms with Crippen molar-refractivity contribution in [2.45, 2.75) is 51.7 Å². The molecule has 0 aliphatic carbocycles. The summed E-state index contributed by atoms with van der Waals surface area (Å²) in [6.45, 7) is 4.87. The molecule has 0 spiro atoms. The minimum Gasteiger partial charge on any atom is -0.480 e. The van der Waals surface area contributed by atoms with Crippen molar-refractivity contribution in [1.29, 1.82) is 0 Å². The molecule has 0 fully saturated rings. The molecule has 0 radical (unpaired) electrons. The molecular formula is C17H28N6O5. The Labute approximate surface area is 162 Å². The molecule has 1 aromatic rings. The Balaban J connectivity index is 2.72. The number of nitrogens with zero attached hydrogens (tertiary/aromatic N) is 1. The molecule has 0 aromatic carbocycles. The SMILES string of the molecule is CC(C)CC(NC(=O)CNC(=O)C(C)N)C(=O)NC(Cc1cnc[nH]1)C(=O)O. The van der Waals surface area contributed by atoms with Crippen molar-refractivity contribution in [2.75, 3.05) is 6.54 Å². The maximum absolute atomic E-state index is 12.6. The zero-order chi connectivity index (χ0) is 21.3. The quantitative estimate of drug-likeness (QED) is 0.264. The van der Waals surface area contributed by atoms with Crippen LogP contribution in [0.2, 0.25) is 0 Å². The number of nitrogens with one attached hydrogen (secondary N) is 4. The van der Waals surface area contributed by atoms with Crippen molar-refractivity contribution in [3.8, 4) is 0 Å². The zero-order valence-electron chi connectivity index (χ0n) is 16.2. The number of nitrogens with two attached hydrogens (primary N) is 1. The number of amides is 3. The van der Waals surface area contributed by atoms with Crippen LogP contribution in [-0.4, -0.2) is 63.4 Å². The third kappa shape index (κ3) is 8.16. The smallest absolute Gasteiger partial charge is 0.326 e. The van der Waals surface area contributed by atoms with Crippen LogP contribution >= 0.6 is 0 Å². The van der Waals surface area contributed by atoms with Crippen molar-refractivity contribution < 1.29 is 24.3 Å². The lowest BCUT2D eigenvalue weighted by atomic mass is 10.0. The number of carbonyl (C=O) groups excluding carboxylic acids is 3. The number of aromatic amines is 1. The molecular weight excluding hydrogens is 368 g/mol. The van der Waals surface area contributed by atoms with Crippen molar-refractivity contribution in [2.24, 2.45) is 11.7 Å². The van der Waals surface area contributed by atoms with Gasteiger partial charge in [0.2, 0.25) is 17.7 Å². The number of carboxylic acids is 1. The molecule has 1 heterocycles. The van der Waals surface area contributed by atoms with E-state index in [1.54, 1.807) is 0 Å². The largest absolute Gasteiger partial charge is 0.480 e. The van der Waals surface area contributed by atoms with Crippen LogP contribution in [0.25, 0.3) is 0 Å². The molecule has 3 unspecified atom stereocenters. The molecule has 0 aliphatic rings. The maximum atomic E-state index is 12.6. The zero-order valence-corrected chi connectivity index (χ0v) is 16.2. The summed E-state index contributed by atoms with van der Waals surface area (Å²) in [5.74, 6) is -2.83. The highest BCUT2D eigenvalue weighted by Crippen LogP contribution is 2.07. The third-order valence-corrected chi connectivity index (χ3v) is 3.79. The second kappa shape index (κ2) is 11.0. The van der Waals surface area contributed by atoms with Crippen LogP contribution < -0.4 is 21.7 Å². The molecule has 11 heteroatoms. The predicted molar refractivity (Wildman–Crippen MR) is 99.9 cm³/mol. The Morgan fingerprint density at radius 1 is 1.14 bits per heavy atom. The van der Waals surface area contributed by atoms with Crippen LogP contribution in [0.5, 0.6) is 0 Å². The molecule has 0 saturated carbocycles.